The van der Waals surface area contributed by atoms with E-state index in [1.807, 2.05) is 31.2 Å². The molecule has 220 valence electrons. The number of nitrogens with zero attached hydrogens (tertiary/aromatic N) is 3. The van der Waals surface area contributed by atoms with E-state index < -0.39 is 25.3 Å². The highest BCUT2D eigenvalue weighted by atomic mass is 31.2. The highest BCUT2D eigenvalue weighted by Gasteiger charge is 2.28. The van der Waals surface area contributed by atoms with Gasteiger partial charge in [0, 0.05) is 12.1 Å². The van der Waals surface area contributed by atoms with Gasteiger partial charge in [0.1, 0.15) is 18.7 Å². The van der Waals surface area contributed by atoms with E-state index in [1.165, 1.54) is 13.4 Å². The molecule has 3 aromatic heterocycles. The molecule has 0 spiro atoms. The van der Waals surface area contributed by atoms with Crippen molar-refractivity contribution >= 4 is 24.7 Å². The lowest BCUT2D eigenvalue weighted by Crippen LogP contribution is -2.13. The van der Waals surface area contributed by atoms with E-state index in [9.17, 15) is 14.2 Å². The molecule has 5 aromatic rings. The van der Waals surface area contributed by atoms with Gasteiger partial charge in [-0.1, -0.05) is 29.8 Å². The molecule has 2 aromatic carbocycles. The monoisotopic (exact) mass is 597 g/mol. The molecule has 5 rings (SSSR count). The maximum absolute atomic E-state index is 13.8. The molecule has 3 heterocycles. The Bertz CT molecular complexity index is 1820. The predicted molar refractivity (Wildman–Crippen MR) is 151 cm³/mol. The number of aromatic amines is 1. The first-order valence-corrected chi connectivity index (χ1v) is 14.4. The Morgan fingerprint density at radius 1 is 1.02 bits per heavy atom. The molecule has 0 bridgehead atoms. The Hall–Kier alpha value is -4.49. The normalized spacial score (nSPS) is 12.9. The standard InChI is InChI=1S/C27H28N5O9P/c1-17-3-5-18(6-4-17)13-38-42(35,16-37-12-11-32-15-29-22-24(32)30-26(28)31-25(22)33)39-14-21-23(41-27(34)40-21)19-7-9-20(36-2)10-8-19/h3-10,15H,11-14,16H2,1-2H3,(H3,28,30,31,33). The largest absolute Gasteiger partial charge is 0.519 e. The zero-order chi connectivity index (χ0) is 29.7. The molecule has 0 saturated carbocycles. The van der Waals surface area contributed by atoms with Crippen LogP contribution in [-0.4, -0.2) is 39.6 Å². The number of anilines is 1. The lowest BCUT2D eigenvalue weighted by molar-refractivity contribution is 0.114. The summed E-state index contributed by atoms with van der Waals surface area (Å²) in [5.41, 5.74) is 7.98. The first kappa shape index (κ1) is 29.0. The van der Waals surface area contributed by atoms with Gasteiger partial charge >= 0.3 is 13.4 Å². The number of rotatable bonds is 13. The van der Waals surface area contributed by atoms with Gasteiger partial charge in [-0.2, -0.15) is 4.98 Å². The van der Waals surface area contributed by atoms with Gasteiger partial charge in [-0.05, 0) is 36.8 Å². The smallest absolute Gasteiger partial charge is 0.497 e. The van der Waals surface area contributed by atoms with Crippen LogP contribution in [0.2, 0.25) is 0 Å². The van der Waals surface area contributed by atoms with Crippen molar-refractivity contribution in [1.82, 2.24) is 19.5 Å². The van der Waals surface area contributed by atoms with E-state index in [0.29, 0.717) is 11.3 Å². The minimum absolute atomic E-state index is 0.0142. The molecule has 42 heavy (non-hydrogen) atoms. The molecule has 0 saturated heterocycles. The average Bonchev–Trinajstić information content (AvgIpc) is 3.57. The SMILES string of the molecule is COc1ccc(-c2oc(=O)oc2COP(=O)(COCCn2cnc3c(=O)[nH]c(N)nc32)OCc2ccc(C)cc2)cc1. The van der Waals surface area contributed by atoms with Gasteiger partial charge in [0.05, 0.1) is 26.7 Å². The first-order valence-electron chi connectivity index (χ1n) is 12.7. The molecule has 1 atom stereocenters. The van der Waals surface area contributed by atoms with Gasteiger partial charge in [0.2, 0.25) is 5.95 Å². The molecule has 0 aliphatic carbocycles. The third-order valence-corrected chi connectivity index (χ3v) is 7.70. The Labute approximate surface area is 238 Å². The third kappa shape index (κ3) is 6.86. The summed E-state index contributed by atoms with van der Waals surface area (Å²) in [5.74, 6) is -0.210. The number of aryl methyl sites for hydroxylation is 1. The second-order valence-electron chi connectivity index (χ2n) is 9.18. The van der Waals surface area contributed by atoms with Crippen LogP contribution in [0.3, 0.4) is 0 Å². The molecule has 0 radical (unpaired) electrons. The molecule has 15 heteroatoms. The average molecular weight is 598 g/mol. The van der Waals surface area contributed by atoms with E-state index in [1.54, 1.807) is 28.8 Å². The van der Waals surface area contributed by atoms with Crippen LogP contribution in [0, 0.1) is 6.92 Å². The summed E-state index contributed by atoms with van der Waals surface area (Å²) >= 11 is 0. The summed E-state index contributed by atoms with van der Waals surface area (Å²) in [4.78, 5) is 34.5. The number of imidazole rings is 1. The number of methoxy groups -OCH3 is 1. The van der Waals surface area contributed by atoms with Crippen LogP contribution in [0.25, 0.3) is 22.5 Å². The van der Waals surface area contributed by atoms with Crippen LogP contribution in [0.5, 0.6) is 5.75 Å². The van der Waals surface area contributed by atoms with Crippen molar-refractivity contribution in [2.45, 2.75) is 26.7 Å². The number of hydrogen-bond donors (Lipinski definition) is 2. The van der Waals surface area contributed by atoms with Crippen molar-refractivity contribution in [3.63, 3.8) is 0 Å². The first-order chi connectivity index (χ1) is 20.2. The number of nitrogens with one attached hydrogen (secondary N) is 1. The molecular weight excluding hydrogens is 569 g/mol. The van der Waals surface area contributed by atoms with E-state index in [2.05, 4.69) is 15.0 Å². The fourth-order valence-electron chi connectivity index (χ4n) is 3.96. The number of nitrogen functional groups attached to an aromatic ring is 1. The minimum atomic E-state index is -3.91. The molecule has 0 fully saturated rings. The lowest BCUT2D eigenvalue weighted by atomic mass is 10.1. The summed E-state index contributed by atoms with van der Waals surface area (Å²) in [7, 11) is -2.37. The highest BCUT2D eigenvalue weighted by Crippen LogP contribution is 2.50. The molecular formula is C27H28N5O9P. The maximum Gasteiger partial charge on any atom is 0.519 e. The van der Waals surface area contributed by atoms with E-state index in [-0.39, 0.29) is 55.0 Å². The van der Waals surface area contributed by atoms with Crippen molar-refractivity contribution in [2.75, 3.05) is 25.8 Å². The van der Waals surface area contributed by atoms with Gasteiger partial charge in [-0.25, -0.2) is 9.78 Å². The van der Waals surface area contributed by atoms with Gasteiger partial charge in [-0.3, -0.25) is 18.9 Å². The Morgan fingerprint density at radius 3 is 2.50 bits per heavy atom. The molecule has 0 aliphatic heterocycles. The Kier molecular flexibility index (Phi) is 8.69. The summed E-state index contributed by atoms with van der Waals surface area (Å²) in [6.07, 6.45) is 1.02. The van der Waals surface area contributed by atoms with Crippen molar-refractivity contribution in [3.8, 4) is 17.1 Å². The van der Waals surface area contributed by atoms with E-state index >= 15 is 0 Å². The number of H-pyrrole nitrogens is 1. The molecule has 3 N–H and O–H groups in total. The number of fused-ring (bicyclic) bond motifs is 1. The van der Waals surface area contributed by atoms with Crippen LogP contribution in [0.4, 0.5) is 5.95 Å². The summed E-state index contributed by atoms with van der Waals surface area (Å²) in [6.45, 7) is 1.83. The van der Waals surface area contributed by atoms with Crippen LogP contribution < -0.4 is 21.9 Å². The van der Waals surface area contributed by atoms with Crippen LogP contribution >= 0.6 is 7.60 Å². The Morgan fingerprint density at radius 2 is 1.76 bits per heavy atom. The van der Waals surface area contributed by atoms with Crippen LogP contribution in [0.1, 0.15) is 16.9 Å². The zero-order valence-corrected chi connectivity index (χ0v) is 23.7. The second-order valence-corrected chi connectivity index (χ2v) is 11.2. The zero-order valence-electron chi connectivity index (χ0n) is 22.8. The number of benzene rings is 2. The number of aromatic nitrogens is 4. The Balaban J connectivity index is 1.29. The van der Waals surface area contributed by atoms with Gasteiger partial charge in [-0.15, -0.1) is 0 Å². The number of ether oxygens (including phenoxy) is 2. The topological polar surface area (TPSA) is 187 Å². The molecule has 1 unspecified atom stereocenters. The van der Waals surface area contributed by atoms with Crippen molar-refractivity contribution in [1.29, 1.82) is 0 Å². The maximum atomic E-state index is 13.8. The van der Waals surface area contributed by atoms with E-state index in [0.717, 1.165) is 11.1 Å². The summed E-state index contributed by atoms with van der Waals surface area (Å²) in [5, 5.41) is 0. The van der Waals surface area contributed by atoms with Crippen molar-refractivity contribution in [2.24, 2.45) is 0 Å². The highest BCUT2D eigenvalue weighted by molar-refractivity contribution is 7.53. The van der Waals surface area contributed by atoms with E-state index in [4.69, 9.17) is 33.1 Å². The van der Waals surface area contributed by atoms with Crippen LogP contribution in [0.15, 0.2) is 73.3 Å². The quantitative estimate of drug-likeness (QED) is 0.148. The van der Waals surface area contributed by atoms with Gasteiger partial charge in [0.25, 0.3) is 5.56 Å². The summed E-state index contributed by atoms with van der Waals surface area (Å²) in [6, 6.07) is 14.3. The molecule has 14 nitrogen and oxygen atoms in total. The van der Waals surface area contributed by atoms with Gasteiger partial charge < -0.3 is 33.1 Å². The number of hydrogen-bond acceptors (Lipinski definition) is 12. The van der Waals surface area contributed by atoms with Crippen molar-refractivity contribution in [3.05, 3.63) is 92.7 Å². The third-order valence-electron chi connectivity index (χ3n) is 6.16. The van der Waals surface area contributed by atoms with Crippen molar-refractivity contribution < 1.29 is 31.9 Å². The lowest BCUT2D eigenvalue weighted by Gasteiger charge is -2.18. The minimum Gasteiger partial charge on any atom is -0.497 e. The second kappa shape index (κ2) is 12.6. The number of nitrogens with two attached hydrogens (primary N) is 1. The van der Waals surface area contributed by atoms with Crippen LogP contribution in [-0.2, 0) is 38.1 Å². The molecule has 0 aliphatic rings. The fraction of sp³-hybridized carbons (Fsp3) is 0.259. The van der Waals surface area contributed by atoms with Gasteiger partial charge in [0.15, 0.2) is 22.7 Å². The predicted octanol–water partition coefficient (Wildman–Crippen LogP) is 3.83. The summed E-state index contributed by atoms with van der Waals surface area (Å²) < 4.78 is 48.1. The fourth-order valence-corrected chi connectivity index (χ4v) is 5.20. The molecule has 0 amide bonds.